The summed E-state index contributed by atoms with van der Waals surface area (Å²) in [6.07, 6.45) is 5.17. The van der Waals surface area contributed by atoms with Crippen molar-refractivity contribution < 1.29 is 23.4 Å². The van der Waals surface area contributed by atoms with Crippen LogP contribution in [0.15, 0.2) is 54.6 Å². The number of hydrogen-bond acceptors (Lipinski definition) is 8. The van der Waals surface area contributed by atoms with Crippen LogP contribution >= 0.6 is 11.3 Å². The van der Waals surface area contributed by atoms with Crippen molar-refractivity contribution >= 4 is 38.5 Å². The van der Waals surface area contributed by atoms with Crippen LogP contribution in [0, 0.1) is 11.6 Å². The Hall–Kier alpha value is -3.83. The highest BCUT2D eigenvalue weighted by Crippen LogP contribution is 2.26. The van der Waals surface area contributed by atoms with Crippen LogP contribution in [0.5, 0.6) is 5.75 Å². The van der Waals surface area contributed by atoms with E-state index in [0.717, 1.165) is 85.1 Å². The predicted octanol–water partition coefficient (Wildman–Crippen LogP) is 5.99. The van der Waals surface area contributed by atoms with E-state index in [2.05, 4.69) is 32.7 Å². The van der Waals surface area contributed by atoms with Crippen molar-refractivity contribution in [1.29, 1.82) is 0 Å². The molecule has 0 saturated carbocycles. The van der Waals surface area contributed by atoms with Gasteiger partial charge in [0.2, 0.25) is 0 Å². The minimum atomic E-state index is -0.951. The number of halogens is 2. The molecule has 4 aromatic rings. The Morgan fingerprint density at radius 2 is 1.90 bits per heavy atom. The number of para-hydroxylation sites is 1. The summed E-state index contributed by atoms with van der Waals surface area (Å²) >= 11 is 1.42. The number of fused-ring (bicyclic) bond motifs is 2. The molecule has 11 heteroatoms. The lowest BCUT2D eigenvalue weighted by atomic mass is 10.1. The number of nitrogens with zero attached hydrogens (tertiary/aromatic N) is 3. The molecule has 0 spiro atoms. The van der Waals surface area contributed by atoms with Crippen LogP contribution in [-0.4, -0.2) is 64.8 Å². The van der Waals surface area contributed by atoms with Crippen molar-refractivity contribution in [2.24, 2.45) is 0 Å². The first-order chi connectivity index (χ1) is 20.4. The second kappa shape index (κ2) is 14.4. The summed E-state index contributed by atoms with van der Waals surface area (Å²) < 4.78 is 33.8. The largest absolute Gasteiger partial charge is 0.492 e. The molecule has 8 nitrogen and oxygen atoms in total. The van der Waals surface area contributed by atoms with Gasteiger partial charge in [-0.3, -0.25) is 4.90 Å². The average Bonchev–Trinajstić information content (AvgIpc) is 3.39. The quantitative estimate of drug-likeness (QED) is 0.144. The number of aromatic nitrogens is 2. The van der Waals surface area contributed by atoms with Gasteiger partial charge in [0.25, 0.3) is 0 Å². The topological polar surface area (TPSA) is 99.6 Å². The Kier molecular flexibility index (Phi) is 10.1. The number of nitrogens with one attached hydrogen (secondary N) is 2. The zero-order chi connectivity index (χ0) is 29.3. The first-order valence-electron chi connectivity index (χ1n) is 14.3. The molecule has 0 amide bonds. The highest BCUT2D eigenvalue weighted by atomic mass is 32.1. The number of ether oxygens (including phenoxy) is 1. The van der Waals surface area contributed by atoms with E-state index in [9.17, 15) is 18.7 Å². The maximum Gasteiger partial charge on any atom is 0.326 e. The molecule has 5 rings (SSSR count). The molecule has 42 heavy (non-hydrogen) atoms. The number of thiazole rings is 1. The molecule has 1 aliphatic heterocycles. The SMILES string of the molecule is O=C(O)[C@H](CCN(CCCCc1ccc2c(n1)NCCC2)CCOc1cc(F)cc(F)c1)Nc1nc2ccccc2s1. The zero-order valence-corrected chi connectivity index (χ0v) is 24.1. The predicted molar refractivity (Wildman–Crippen MR) is 162 cm³/mol. The third-order valence-electron chi connectivity index (χ3n) is 7.25. The number of unbranched alkanes of at least 4 members (excludes halogenated alkanes) is 1. The molecule has 2 aromatic carbocycles. The fourth-order valence-corrected chi connectivity index (χ4v) is 5.96. The maximum absolute atomic E-state index is 13.6. The lowest BCUT2D eigenvalue weighted by Gasteiger charge is -2.24. The van der Waals surface area contributed by atoms with Crippen molar-refractivity contribution in [3.63, 3.8) is 0 Å². The second-order valence-corrected chi connectivity index (χ2v) is 11.4. The van der Waals surface area contributed by atoms with Crippen LogP contribution in [0.1, 0.15) is 36.9 Å². The van der Waals surface area contributed by atoms with Crippen LogP contribution in [0.2, 0.25) is 0 Å². The molecule has 1 atom stereocenters. The van der Waals surface area contributed by atoms with Crippen LogP contribution in [0.25, 0.3) is 10.2 Å². The fraction of sp³-hybridized carbons (Fsp3) is 0.387. The monoisotopic (exact) mass is 595 g/mol. The molecule has 0 unspecified atom stereocenters. The summed E-state index contributed by atoms with van der Waals surface area (Å²) in [4.78, 5) is 23.5. The molecule has 2 aromatic heterocycles. The van der Waals surface area contributed by atoms with Gasteiger partial charge in [0.15, 0.2) is 5.13 Å². The third kappa shape index (κ3) is 8.36. The van der Waals surface area contributed by atoms with Crippen molar-refractivity contribution in [1.82, 2.24) is 14.9 Å². The van der Waals surface area contributed by atoms with Gasteiger partial charge < -0.3 is 20.5 Å². The minimum Gasteiger partial charge on any atom is -0.492 e. The number of carboxylic acid groups (broad SMARTS) is 1. The Labute approximate surface area is 247 Å². The molecule has 0 saturated heterocycles. The van der Waals surface area contributed by atoms with Gasteiger partial charge in [-0.15, -0.1) is 0 Å². The maximum atomic E-state index is 13.6. The van der Waals surface area contributed by atoms with Crippen LogP contribution in [0.3, 0.4) is 0 Å². The Morgan fingerprint density at radius 1 is 1.07 bits per heavy atom. The van der Waals surface area contributed by atoms with Gasteiger partial charge in [-0.2, -0.15) is 0 Å². The van der Waals surface area contributed by atoms with Gasteiger partial charge in [-0.05, 0) is 68.8 Å². The number of carbonyl (C=O) groups is 1. The number of pyridine rings is 1. The van der Waals surface area contributed by atoms with E-state index in [1.165, 1.54) is 16.9 Å². The molecule has 0 radical (unpaired) electrons. The van der Waals surface area contributed by atoms with E-state index in [1.54, 1.807) is 0 Å². The van der Waals surface area contributed by atoms with Gasteiger partial charge in [0, 0.05) is 43.5 Å². The van der Waals surface area contributed by atoms with Gasteiger partial charge in [0.1, 0.15) is 35.9 Å². The highest BCUT2D eigenvalue weighted by molar-refractivity contribution is 7.22. The molecule has 0 aliphatic carbocycles. The molecule has 3 N–H and O–H groups in total. The zero-order valence-electron chi connectivity index (χ0n) is 23.3. The molecule has 1 aliphatic rings. The van der Waals surface area contributed by atoms with E-state index in [4.69, 9.17) is 9.72 Å². The summed E-state index contributed by atoms with van der Waals surface area (Å²) in [5.74, 6) is -1.23. The molecule has 3 heterocycles. The number of benzene rings is 2. The highest BCUT2D eigenvalue weighted by Gasteiger charge is 2.20. The molecule has 0 bridgehead atoms. The standard InChI is InChI=1S/C31H35F2N5O3S/c32-22-18-23(33)20-25(19-22)41-17-16-38(14-4-3-7-24-11-10-21-6-5-13-34-29(21)35-24)15-12-27(30(39)40)37-31-36-26-8-1-2-9-28(26)42-31/h1-2,8-11,18-20,27H,3-7,12-17H2,(H,34,35)(H,36,37)(H,39,40)/t27-/m0/s1. The molecular weight excluding hydrogens is 560 g/mol. The van der Waals surface area contributed by atoms with Crippen molar-refractivity contribution in [2.75, 3.05) is 43.4 Å². The smallest absolute Gasteiger partial charge is 0.326 e. The van der Waals surface area contributed by atoms with Crippen LogP contribution < -0.4 is 15.4 Å². The second-order valence-electron chi connectivity index (χ2n) is 10.4. The lowest BCUT2D eigenvalue weighted by Crippen LogP contribution is -2.37. The van der Waals surface area contributed by atoms with E-state index >= 15 is 0 Å². The first kappa shape index (κ1) is 29.7. The summed E-state index contributed by atoms with van der Waals surface area (Å²) in [7, 11) is 0. The van der Waals surface area contributed by atoms with Crippen molar-refractivity contribution in [3.05, 3.63) is 77.5 Å². The van der Waals surface area contributed by atoms with Gasteiger partial charge in [-0.25, -0.2) is 23.5 Å². The van der Waals surface area contributed by atoms with Crippen LogP contribution in [-0.2, 0) is 17.6 Å². The summed E-state index contributed by atoms with van der Waals surface area (Å²) in [5.41, 5.74) is 3.14. The number of anilines is 2. The number of rotatable bonds is 15. The molecule has 222 valence electrons. The molecular formula is C31H35F2N5O3S. The van der Waals surface area contributed by atoms with E-state index in [0.29, 0.717) is 24.6 Å². The fourth-order valence-electron chi connectivity index (χ4n) is 5.04. The van der Waals surface area contributed by atoms with Gasteiger partial charge >= 0.3 is 5.97 Å². The summed E-state index contributed by atoms with van der Waals surface area (Å²) in [6.45, 7) is 2.86. The summed E-state index contributed by atoms with van der Waals surface area (Å²) in [6, 6.07) is 14.2. The average molecular weight is 596 g/mol. The third-order valence-corrected chi connectivity index (χ3v) is 8.21. The minimum absolute atomic E-state index is 0.125. The summed E-state index contributed by atoms with van der Waals surface area (Å²) in [5, 5.41) is 16.9. The Balaban J connectivity index is 1.17. The van der Waals surface area contributed by atoms with Crippen molar-refractivity contribution in [2.45, 2.75) is 44.6 Å². The van der Waals surface area contributed by atoms with E-state index in [1.807, 2.05) is 24.3 Å². The van der Waals surface area contributed by atoms with Crippen molar-refractivity contribution in [3.8, 4) is 5.75 Å². The first-order valence-corrected chi connectivity index (χ1v) is 15.1. The lowest BCUT2D eigenvalue weighted by molar-refractivity contribution is -0.138. The van der Waals surface area contributed by atoms with E-state index in [-0.39, 0.29) is 12.4 Å². The Morgan fingerprint density at radius 3 is 2.71 bits per heavy atom. The number of hydrogen-bond donors (Lipinski definition) is 3. The van der Waals surface area contributed by atoms with Crippen LogP contribution in [0.4, 0.5) is 19.7 Å². The van der Waals surface area contributed by atoms with Gasteiger partial charge in [0.05, 0.1) is 10.2 Å². The molecule has 0 fully saturated rings. The Bertz CT molecular complexity index is 1450. The number of carboxylic acids is 1. The van der Waals surface area contributed by atoms with E-state index < -0.39 is 23.6 Å². The number of aliphatic carboxylic acids is 1. The normalized spacial score (nSPS) is 13.5. The van der Waals surface area contributed by atoms with Gasteiger partial charge in [-0.1, -0.05) is 29.5 Å². The number of aryl methyl sites for hydroxylation is 2.